The topological polar surface area (TPSA) is 76.7 Å². The molecule has 0 aliphatic carbocycles. The molecule has 0 saturated heterocycles. The summed E-state index contributed by atoms with van der Waals surface area (Å²) in [5.41, 5.74) is 3.57. The fraction of sp³-hybridized carbons (Fsp3) is 0.158. The van der Waals surface area contributed by atoms with E-state index < -0.39 is 29.7 Å². The number of nitrogens with one attached hydrogen (secondary N) is 2. The molecule has 0 saturated carbocycles. The molecule has 11 heteroatoms. The van der Waals surface area contributed by atoms with Crippen LogP contribution in [0.2, 0.25) is 5.02 Å². The molecular formula is C19H12ClF3N2O4S. The van der Waals surface area contributed by atoms with E-state index in [2.05, 4.69) is 10.9 Å². The standard InChI is InChI=1S/C19H12ClF3N2O4S/c20-15-10-6-5-9(19(21,22)23)7-14(10)30-16(15)18(27)25-24-17(26)13-8-28-11-3-1-2-4-12(11)29-13/h1-7,13H,8H2,(H,24,26)(H,25,27). The number of hydrazine groups is 1. The number of para-hydroxylation sites is 2. The summed E-state index contributed by atoms with van der Waals surface area (Å²) in [4.78, 5) is 24.6. The molecule has 3 aromatic rings. The molecule has 0 fully saturated rings. The van der Waals surface area contributed by atoms with E-state index in [1.807, 2.05) is 0 Å². The maximum atomic E-state index is 12.9. The predicted molar refractivity (Wildman–Crippen MR) is 104 cm³/mol. The number of thiophene rings is 1. The van der Waals surface area contributed by atoms with E-state index in [9.17, 15) is 22.8 Å². The van der Waals surface area contributed by atoms with Crippen LogP contribution >= 0.6 is 22.9 Å². The average molecular weight is 457 g/mol. The highest BCUT2D eigenvalue weighted by atomic mass is 35.5. The van der Waals surface area contributed by atoms with E-state index in [0.717, 1.165) is 23.5 Å². The van der Waals surface area contributed by atoms with Crippen LogP contribution in [0.1, 0.15) is 15.2 Å². The van der Waals surface area contributed by atoms with Crippen molar-refractivity contribution in [2.45, 2.75) is 12.3 Å². The third-order valence-electron chi connectivity index (χ3n) is 4.26. The first-order chi connectivity index (χ1) is 14.2. The summed E-state index contributed by atoms with van der Waals surface area (Å²) in [6.07, 6.45) is -5.51. The number of carbonyl (C=O) groups is 2. The first kappa shape index (κ1) is 20.3. The zero-order chi connectivity index (χ0) is 21.5. The molecule has 1 unspecified atom stereocenters. The molecule has 1 aliphatic heterocycles. The number of halogens is 4. The zero-order valence-corrected chi connectivity index (χ0v) is 16.5. The van der Waals surface area contributed by atoms with Crippen molar-refractivity contribution >= 4 is 44.8 Å². The van der Waals surface area contributed by atoms with Gasteiger partial charge in [0.15, 0.2) is 11.5 Å². The predicted octanol–water partition coefficient (Wildman–Crippen LogP) is 4.17. The molecule has 1 aromatic heterocycles. The van der Waals surface area contributed by atoms with Gasteiger partial charge in [0.1, 0.15) is 11.5 Å². The Morgan fingerprint density at radius 3 is 2.57 bits per heavy atom. The molecule has 2 N–H and O–H groups in total. The summed E-state index contributed by atoms with van der Waals surface area (Å²) in [5, 5.41) is 0.313. The highest BCUT2D eigenvalue weighted by molar-refractivity contribution is 7.21. The molecule has 6 nitrogen and oxygen atoms in total. The van der Waals surface area contributed by atoms with Crippen molar-refractivity contribution in [3.8, 4) is 11.5 Å². The van der Waals surface area contributed by atoms with Crippen molar-refractivity contribution in [3.63, 3.8) is 0 Å². The summed E-state index contributed by atoms with van der Waals surface area (Å²) in [6.45, 7) is -0.0530. The fourth-order valence-electron chi connectivity index (χ4n) is 2.79. The first-order valence-corrected chi connectivity index (χ1v) is 9.71. The lowest BCUT2D eigenvalue weighted by molar-refractivity contribution is -0.137. The smallest absolute Gasteiger partial charge is 0.416 e. The number of alkyl halides is 3. The van der Waals surface area contributed by atoms with Gasteiger partial charge < -0.3 is 9.47 Å². The normalized spacial score (nSPS) is 15.7. The van der Waals surface area contributed by atoms with Gasteiger partial charge in [0.25, 0.3) is 11.8 Å². The lowest BCUT2D eigenvalue weighted by Crippen LogP contribution is -2.50. The second-order valence-corrected chi connectivity index (χ2v) is 7.69. The van der Waals surface area contributed by atoms with Crippen LogP contribution < -0.4 is 20.3 Å². The number of rotatable bonds is 2. The van der Waals surface area contributed by atoms with Gasteiger partial charge in [0, 0.05) is 10.1 Å². The van der Waals surface area contributed by atoms with Gasteiger partial charge in [0.2, 0.25) is 6.10 Å². The summed E-state index contributed by atoms with van der Waals surface area (Å²) in [7, 11) is 0. The Labute approximate surface area is 176 Å². The minimum absolute atomic E-state index is 0.00153. The maximum Gasteiger partial charge on any atom is 0.416 e. The van der Waals surface area contributed by atoms with E-state index >= 15 is 0 Å². The quantitative estimate of drug-likeness (QED) is 0.567. The van der Waals surface area contributed by atoms with E-state index in [1.54, 1.807) is 24.3 Å². The minimum atomic E-state index is -4.51. The molecule has 2 amide bonds. The number of benzene rings is 2. The van der Waals surface area contributed by atoms with Crippen molar-refractivity contribution in [1.82, 2.24) is 10.9 Å². The molecule has 156 valence electrons. The van der Waals surface area contributed by atoms with Gasteiger partial charge in [-0.25, -0.2) is 0 Å². The van der Waals surface area contributed by atoms with Crippen molar-refractivity contribution < 1.29 is 32.2 Å². The molecule has 30 heavy (non-hydrogen) atoms. The summed E-state index contributed by atoms with van der Waals surface area (Å²) in [5.74, 6) is -0.529. The van der Waals surface area contributed by atoms with Crippen LogP contribution in [0.5, 0.6) is 11.5 Å². The molecule has 4 rings (SSSR count). The third kappa shape index (κ3) is 3.88. The van der Waals surface area contributed by atoms with Gasteiger partial charge in [-0.1, -0.05) is 29.8 Å². The van der Waals surface area contributed by atoms with Crippen molar-refractivity contribution in [2.75, 3.05) is 6.61 Å². The largest absolute Gasteiger partial charge is 0.485 e. The Bertz CT molecular complexity index is 1150. The van der Waals surface area contributed by atoms with Gasteiger partial charge in [-0.05, 0) is 24.3 Å². The Balaban J connectivity index is 1.44. The van der Waals surface area contributed by atoms with E-state index in [0.29, 0.717) is 16.9 Å². The average Bonchev–Trinajstić information content (AvgIpc) is 3.07. The molecule has 0 bridgehead atoms. The number of carbonyl (C=O) groups excluding carboxylic acids is 2. The number of amides is 2. The van der Waals surface area contributed by atoms with E-state index in [1.165, 1.54) is 6.07 Å². The van der Waals surface area contributed by atoms with Gasteiger partial charge >= 0.3 is 6.18 Å². The lowest BCUT2D eigenvalue weighted by Gasteiger charge is -2.25. The molecule has 2 heterocycles. The van der Waals surface area contributed by atoms with Crippen molar-refractivity contribution in [2.24, 2.45) is 0 Å². The zero-order valence-electron chi connectivity index (χ0n) is 14.9. The SMILES string of the molecule is O=C(NNC(=O)C1COc2ccccc2O1)c1sc2cc(C(F)(F)F)ccc2c1Cl. The summed E-state index contributed by atoms with van der Waals surface area (Å²) >= 11 is 6.94. The molecule has 1 aliphatic rings. The number of hydrogen-bond acceptors (Lipinski definition) is 5. The molecule has 2 aromatic carbocycles. The molecular weight excluding hydrogens is 445 g/mol. The maximum absolute atomic E-state index is 12.9. The van der Waals surface area contributed by atoms with E-state index in [-0.39, 0.29) is 21.2 Å². The highest BCUT2D eigenvalue weighted by Gasteiger charge is 2.32. The van der Waals surface area contributed by atoms with Crippen LogP contribution in [0.25, 0.3) is 10.1 Å². The van der Waals surface area contributed by atoms with Crippen LogP contribution in [0.4, 0.5) is 13.2 Å². The Kier molecular flexibility index (Phi) is 5.20. The molecule has 0 spiro atoms. The summed E-state index contributed by atoms with van der Waals surface area (Å²) in [6, 6.07) is 9.83. The molecule has 1 atom stereocenters. The Morgan fingerprint density at radius 2 is 1.83 bits per heavy atom. The molecule has 0 radical (unpaired) electrons. The van der Waals surface area contributed by atoms with Crippen LogP contribution in [0.15, 0.2) is 42.5 Å². The minimum Gasteiger partial charge on any atom is -0.485 e. The first-order valence-electron chi connectivity index (χ1n) is 8.52. The van der Waals surface area contributed by atoms with Crippen LogP contribution in [0.3, 0.4) is 0 Å². The monoisotopic (exact) mass is 456 g/mol. The Morgan fingerprint density at radius 1 is 1.10 bits per heavy atom. The lowest BCUT2D eigenvalue weighted by atomic mass is 10.1. The van der Waals surface area contributed by atoms with E-state index in [4.69, 9.17) is 21.1 Å². The van der Waals surface area contributed by atoms with Crippen LogP contribution in [-0.4, -0.2) is 24.5 Å². The van der Waals surface area contributed by atoms with Gasteiger partial charge in [-0.3, -0.25) is 20.4 Å². The number of ether oxygens (including phenoxy) is 2. The summed E-state index contributed by atoms with van der Waals surface area (Å²) < 4.78 is 49.8. The highest BCUT2D eigenvalue weighted by Crippen LogP contribution is 2.39. The third-order valence-corrected chi connectivity index (χ3v) is 5.92. The fourth-order valence-corrected chi connectivity index (χ4v) is 4.24. The van der Waals surface area contributed by atoms with Gasteiger partial charge in [-0.15, -0.1) is 11.3 Å². The van der Waals surface area contributed by atoms with Gasteiger partial charge in [-0.2, -0.15) is 13.2 Å². The second kappa shape index (κ2) is 7.69. The second-order valence-electron chi connectivity index (χ2n) is 6.26. The Hall–Kier alpha value is -2.98. The number of fused-ring (bicyclic) bond motifs is 2. The van der Waals surface area contributed by atoms with Crippen LogP contribution in [0, 0.1) is 0 Å². The van der Waals surface area contributed by atoms with Crippen LogP contribution in [-0.2, 0) is 11.0 Å². The number of hydrogen-bond donors (Lipinski definition) is 2. The van der Waals surface area contributed by atoms with Gasteiger partial charge in [0.05, 0.1) is 10.6 Å². The van der Waals surface area contributed by atoms with Crippen molar-refractivity contribution in [1.29, 1.82) is 0 Å². The van der Waals surface area contributed by atoms with Crippen molar-refractivity contribution in [3.05, 3.63) is 57.9 Å².